The highest BCUT2D eigenvalue weighted by molar-refractivity contribution is 5.83. The molecule has 1 fully saturated rings. The molecule has 0 bridgehead atoms. The van der Waals surface area contributed by atoms with Crippen molar-refractivity contribution in [2.45, 2.75) is 51.6 Å². The molecule has 1 saturated carbocycles. The van der Waals surface area contributed by atoms with Crippen LogP contribution < -0.4 is 10.6 Å². The summed E-state index contributed by atoms with van der Waals surface area (Å²) in [5.74, 6) is -0.00610. The molecule has 0 radical (unpaired) electrons. The molecule has 0 heterocycles. The minimum Gasteiger partial charge on any atom is -0.459 e. The monoisotopic (exact) mass is 349 g/mol. The van der Waals surface area contributed by atoms with Crippen LogP contribution in [0.25, 0.3) is 0 Å². The third-order valence-corrected chi connectivity index (χ3v) is 4.02. The number of nitrogens with zero attached hydrogens (tertiary/aromatic N) is 1. The summed E-state index contributed by atoms with van der Waals surface area (Å²) in [6.45, 7) is 8.62. The van der Waals surface area contributed by atoms with Crippen LogP contribution in [0, 0.1) is 5.82 Å². The zero-order valence-electron chi connectivity index (χ0n) is 15.5. The minimum absolute atomic E-state index is 0.0562. The molecule has 138 valence electrons. The standard InChI is InChI=1S/C19H28FN3O2/c1-5-21-17(22-12-16(24)25-18(2,3)4)23-13-19(10-11-19)14-8-6-7-9-15(14)20/h6-9H,5,10-13H2,1-4H3,(H2,21,22,23). The van der Waals surface area contributed by atoms with Gasteiger partial charge in [-0.1, -0.05) is 18.2 Å². The predicted octanol–water partition coefficient (Wildman–Crippen LogP) is 2.75. The first-order valence-electron chi connectivity index (χ1n) is 8.75. The molecule has 0 unspecified atom stereocenters. The number of ether oxygens (including phenoxy) is 1. The molecule has 1 aromatic carbocycles. The topological polar surface area (TPSA) is 62.7 Å². The number of carbonyl (C=O) groups is 1. The Labute approximate surface area is 149 Å². The average molecular weight is 349 g/mol. The van der Waals surface area contributed by atoms with Gasteiger partial charge in [0.05, 0.1) is 0 Å². The third kappa shape index (κ3) is 5.73. The van der Waals surface area contributed by atoms with Crippen molar-refractivity contribution in [2.24, 2.45) is 4.99 Å². The largest absolute Gasteiger partial charge is 0.459 e. The molecule has 0 amide bonds. The number of guanidine groups is 1. The molecule has 0 atom stereocenters. The number of hydrogen-bond acceptors (Lipinski definition) is 3. The van der Waals surface area contributed by atoms with Gasteiger partial charge in [-0.25, -0.2) is 9.38 Å². The number of esters is 1. The number of aliphatic imine (C=N–C) groups is 1. The zero-order chi connectivity index (χ0) is 18.5. The molecular formula is C19H28FN3O2. The van der Waals surface area contributed by atoms with E-state index in [1.54, 1.807) is 6.07 Å². The van der Waals surface area contributed by atoms with Crippen LogP contribution in [0.15, 0.2) is 29.3 Å². The lowest BCUT2D eigenvalue weighted by Crippen LogP contribution is -2.42. The number of halogens is 1. The Hall–Kier alpha value is -2.11. The van der Waals surface area contributed by atoms with Crippen molar-refractivity contribution in [3.05, 3.63) is 35.6 Å². The lowest BCUT2D eigenvalue weighted by Gasteiger charge is -2.20. The van der Waals surface area contributed by atoms with E-state index in [1.807, 2.05) is 39.8 Å². The predicted molar refractivity (Wildman–Crippen MR) is 97.1 cm³/mol. The fourth-order valence-corrected chi connectivity index (χ4v) is 2.70. The SMILES string of the molecule is CCNC(=NCC(=O)OC(C)(C)C)NCC1(c2ccccc2F)CC1. The van der Waals surface area contributed by atoms with Crippen molar-refractivity contribution in [2.75, 3.05) is 19.6 Å². The van der Waals surface area contributed by atoms with Gasteiger partial charge in [-0.15, -0.1) is 0 Å². The summed E-state index contributed by atoms with van der Waals surface area (Å²) < 4.78 is 19.3. The quantitative estimate of drug-likeness (QED) is 0.471. The Morgan fingerprint density at radius 1 is 1.28 bits per heavy atom. The Bertz CT molecular complexity index is 634. The van der Waals surface area contributed by atoms with E-state index in [4.69, 9.17) is 4.74 Å². The summed E-state index contributed by atoms with van der Waals surface area (Å²) in [5.41, 5.74) is 0.0276. The Morgan fingerprint density at radius 2 is 1.96 bits per heavy atom. The average Bonchev–Trinajstić information content (AvgIpc) is 3.30. The fraction of sp³-hybridized carbons (Fsp3) is 0.579. The van der Waals surface area contributed by atoms with Crippen LogP contribution in [0.4, 0.5) is 4.39 Å². The highest BCUT2D eigenvalue weighted by Gasteiger charge is 2.45. The maximum atomic E-state index is 14.1. The van der Waals surface area contributed by atoms with Gasteiger partial charge in [-0.3, -0.25) is 4.79 Å². The fourth-order valence-electron chi connectivity index (χ4n) is 2.70. The van der Waals surface area contributed by atoms with Gasteiger partial charge in [0.1, 0.15) is 18.0 Å². The van der Waals surface area contributed by atoms with E-state index in [-0.39, 0.29) is 23.7 Å². The first-order valence-corrected chi connectivity index (χ1v) is 8.75. The van der Waals surface area contributed by atoms with E-state index < -0.39 is 5.60 Å². The van der Waals surface area contributed by atoms with Crippen LogP contribution in [0.3, 0.4) is 0 Å². The summed E-state index contributed by atoms with van der Waals surface area (Å²) in [7, 11) is 0. The van der Waals surface area contributed by atoms with Gasteiger partial charge in [0.25, 0.3) is 0 Å². The molecular weight excluding hydrogens is 321 g/mol. The van der Waals surface area contributed by atoms with E-state index >= 15 is 0 Å². The van der Waals surface area contributed by atoms with Crippen molar-refractivity contribution in [3.8, 4) is 0 Å². The summed E-state index contributed by atoms with van der Waals surface area (Å²) in [5, 5.41) is 6.34. The van der Waals surface area contributed by atoms with E-state index in [0.717, 1.165) is 18.4 Å². The summed E-state index contributed by atoms with van der Waals surface area (Å²) in [6, 6.07) is 6.90. The molecule has 2 N–H and O–H groups in total. The number of benzene rings is 1. The normalized spacial score (nSPS) is 16.3. The number of nitrogens with one attached hydrogen (secondary N) is 2. The highest BCUT2D eigenvalue weighted by atomic mass is 19.1. The van der Waals surface area contributed by atoms with Crippen LogP contribution in [-0.4, -0.2) is 37.2 Å². The highest BCUT2D eigenvalue weighted by Crippen LogP contribution is 2.48. The molecule has 0 aliphatic heterocycles. The maximum Gasteiger partial charge on any atom is 0.328 e. The third-order valence-electron chi connectivity index (χ3n) is 4.02. The van der Waals surface area contributed by atoms with Crippen LogP contribution in [0.5, 0.6) is 0 Å². The molecule has 1 aromatic rings. The molecule has 0 aromatic heterocycles. The van der Waals surface area contributed by atoms with Crippen molar-refractivity contribution >= 4 is 11.9 Å². The Morgan fingerprint density at radius 3 is 2.52 bits per heavy atom. The second-order valence-electron chi connectivity index (χ2n) is 7.40. The number of hydrogen-bond donors (Lipinski definition) is 2. The smallest absolute Gasteiger partial charge is 0.328 e. The van der Waals surface area contributed by atoms with Crippen LogP contribution in [-0.2, 0) is 14.9 Å². The van der Waals surface area contributed by atoms with Gasteiger partial charge in [-0.05, 0) is 52.2 Å². The molecule has 6 heteroatoms. The van der Waals surface area contributed by atoms with Gasteiger partial charge in [0.15, 0.2) is 5.96 Å². The number of rotatable bonds is 6. The van der Waals surface area contributed by atoms with Crippen LogP contribution in [0.2, 0.25) is 0 Å². The van der Waals surface area contributed by atoms with Crippen LogP contribution >= 0.6 is 0 Å². The minimum atomic E-state index is -0.527. The molecule has 1 aliphatic carbocycles. The van der Waals surface area contributed by atoms with Crippen molar-refractivity contribution < 1.29 is 13.9 Å². The lowest BCUT2D eigenvalue weighted by molar-refractivity contribution is -0.152. The maximum absolute atomic E-state index is 14.1. The summed E-state index contributed by atoms with van der Waals surface area (Å²) in [4.78, 5) is 16.1. The van der Waals surface area contributed by atoms with Gasteiger partial charge in [-0.2, -0.15) is 0 Å². The van der Waals surface area contributed by atoms with Gasteiger partial charge in [0.2, 0.25) is 0 Å². The Kier molecular flexibility index (Phi) is 6.03. The van der Waals surface area contributed by atoms with Crippen LogP contribution in [0.1, 0.15) is 46.1 Å². The van der Waals surface area contributed by atoms with Crippen molar-refractivity contribution in [1.82, 2.24) is 10.6 Å². The molecule has 0 spiro atoms. The van der Waals surface area contributed by atoms with Crippen molar-refractivity contribution in [3.63, 3.8) is 0 Å². The van der Waals surface area contributed by atoms with Gasteiger partial charge in [0, 0.05) is 18.5 Å². The summed E-state index contributed by atoms with van der Waals surface area (Å²) in [6.07, 6.45) is 1.87. The molecule has 0 saturated heterocycles. The van der Waals surface area contributed by atoms with E-state index in [2.05, 4.69) is 15.6 Å². The first kappa shape index (κ1) is 19.2. The lowest BCUT2D eigenvalue weighted by atomic mass is 9.95. The van der Waals surface area contributed by atoms with E-state index in [1.165, 1.54) is 6.07 Å². The van der Waals surface area contributed by atoms with Gasteiger partial charge >= 0.3 is 5.97 Å². The van der Waals surface area contributed by atoms with Crippen molar-refractivity contribution in [1.29, 1.82) is 0 Å². The van der Waals surface area contributed by atoms with E-state index in [9.17, 15) is 9.18 Å². The zero-order valence-corrected chi connectivity index (χ0v) is 15.5. The molecule has 1 aliphatic rings. The first-order chi connectivity index (χ1) is 11.8. The summed E-state index contributed by atoms with van der Waals surface area (Å²) >= 11 is 0. The molecule has 25 heavy (non-hydrogen) atoms. The number of carbonyl (C=O) groups excluding carboxylic acids is 1. The second kappa shape index (κ2) is 7.85. The molecule has 5 nitrogen and oxygen atoms in total. The Balaban J connectivity index is 1.97. The van der Waals surface area contributed by atoms with E-state index in [0.29, 0.717) is 19.0 Å². The second-order valence-corrected chi connectivity index (χ2v) is 7.40. The molecule has 2 rings (SSSR count). The van der Waals surface area contributed by atoms with Gasteiger partial charge < -0.3 is 15.4 Å².